The minimum absolute atomic E-state index is 0.177. The predicted octanol–water partition coefficient (Wildman–Crippen LogP) is 0.890. The Balaban J connectivity index is 1.51. The largest absolute Gasteiger partial charge is 0.388 e. The normalized spacial score (nSPS) is 22.4. The van der Waals surface area contributed by atoms with Crippen LogP contribution in [0.1, 0.15) is 36.8 Å². The first-order valence-corrected chi connectivity index (χ1v) is 12.2. The van der Waals surface area contributed by atoms with E-state index < -0.39 is 21.7 Å². The molecule has 7 nitrogen and oxygen atoms in total. The van der Waals surface area contributed by atoms with E-state index in [1.54, 1.807) is 4.90 Å². The number of sulfonamides is 1. The van der Waals surface area contributed by atoms with Crippen molar-refractivity contribution in [3.8, 4) is 0 Å². The quantitative estimate of drug-likeness (QED) is 0.732. The van der Waals surface area contributed by atoms with Crippen LogP contribution < -0.4 is 5.73 Å². The molecule has 0 aromatic heterocycles. The van der Waals surface area contributed by atoms with E-state index in [9.17, 15) is 18.3 Å². The molecule has 1 atom stereocenters. The number of rotatable bonds is 5. The van der Waals surface area contributed by atoms with Gasteiger partial charge < -0.3 is 15.7 Å². The molecule has 29 heavy (non-hydrogen) atoms. The summed E-state index contributed by atoms with van der Waals surface area (Å²) in [6, 6.07) is 7.58. The number of hydrogen-bond donors (Lipinski definition) is 2. The Bertz CT molecular complexity index is 809. The van der Waals surface area contributed by atoms with Crippen LogP contribution >= 0.6 is 0 Å². The van der Waals surface area contributed by atoms with Gasteiger partial charge >= 0.3 is 0 Å². The fourth-order valence-corrected chi connectivity index (χ4v) is 5.20. The van der Waals surface area contributed by atoms with Gasteiger partial charge in [0.05, 0.1) is 11.9 Å². The minimum Gasteiger partial charge on any atom is -0.388 e. The molecule has 1 aromatic rings. The number of aliphatic hydroxyl groups is 1. The van der Waals surface area contributed by atoms with Gasteiger partial charge in [0.25, 0.3) is 0 Å². The minimum atomic E-state index is -3.29. The number of piperidine rings is 2. The van der Waals surface area contributed by atoms with Gasteiger partial charge in [0.2, 0.25) is 15.9 Å². The van der Waals surface area contributed by atoms with E-state index >= 15 is 0 Å². The van der Waals surface area contributed by atoms with Crippen LogP contribution in [-0.4, -0.2) is 72.7 Å². The summed E-state index contributed by atoms with van der Waals surface area (Å²) in [4.78, 5) is 14.7. The first kappa shape index (κ1) is 22.2. The lowest BCUT2D eigenvalue weighted by molar-refractivity contribution is -0.142. The Labute approximate surface area is 173 Å². The van der Waals surface area contributed by atoms with Gasteiger partial charge in [-0.25, -0.2) is 12.7 Å². The Hall–Kier alpha value is -1.48. The zero-order valence-corrected chi connectivity index (χ0v) is 18.2. The van der Waals surface area contributed by atoms with Crippen LogP contribution in [0.15, 0.2) is 24.3 Å². The van der Waals surface area contributed by atoms with Crippen LogP contribution in [0.5, 0.6) is 0 Å². The van der Waals surface area contributed by atoms with Crippen molar-refractivity contribution in [3.05, 3.63) is 35.4 Å². The molecule has 8 heteroatoms. The summed E-state index contributed by atoms with van der Waals surface area (Å²) in [5.41, 5.74) is 7.40. The van der Waals surface area contributed by atoms with Crippen molar-refractivity contribution in [1.82, 2.24) is 9.21 Å². The molecule has 2 aliphatic rings. The van der Waals surface area contributed by atoms with Crippen molar-refractivity contribution < 1.29 is 18.3 Å². The molecular formula is C21H33N3O4S. The molecular weight excluding hydrogens is 390 g/mol. The van der Waals surface area contributed by atoms with Crippen LogP contribution in [0.4, 0.5) is 0 Å². The summed E-state index contributed by atoms with van der Waals surface area (Å²) in [7, 11) is -3.29. The Morgan fingerprint density at radius 1 is 1.17 bits per heavy atom. The van der Waals surface area contributed by atoms with E-state index in [4.69, 9.17) is 5.73 Å². The highest BCUT2D eigenvalue weighted by atomic mass is 32.2. The SMILES string of the molecule is Cc1ccc(CC2CCN(C(=O)C(N)C3(O)CCN(S(C)(=O)=O)CC3)CC2)cc1. The van der Waals surface area contributed by atoms with Crippen molar-refractivity contribution in [1.29, 1.82) is 0 Å². The van der Waals surface area contributed by atoms with Gasteiger partial charge in [-0.3, -0.25) is 4.79 Å². The number of benzene rings is 1. The summed E-state index contributed by atoms with van der Waals surface area (Å²) in [5, 5.41) is 10.9. The number of hydrogen-bond acceptors (Lipinski definition) is 5. The van der Waals surface area contributed by atoms with Gasteiger partial charge in [0, 0.05) is 26.2 Å². The van der Waals surface area contributed by atoms with E-state index in [0.717, 1.165) is 25.5 Å². The maximum Gasteiger partial charge on any atom is 0.242 e. The van der Waals surface area contributed by atoms with Crippen molar-refractivity contribution in [2.75, 3.05) is 32.4 Å². The van der Waals surface area contributed by atoms with Gasteiger partial charge in [0.1, 0.15) is 6.04 Å². The number of amides is 1. The van der Waals surface area contributed by atoms with Gasteiger partial charge in [-0.1, -0.05) is 29.8 Å². The third-order valence-electron chi connectivity index (χ3n) is 6.47. The van der Waals surface area contributed by atoms with Crippen molar-refractivity contribution in [2.24, 2.45) is 11.7 Å². The Morgan fingerprint density at radius 3 is 2.24 bits per heavy atom. The van der Waals surface area contributed by atoms with Gasteiger partial charge in [0.15, 0.2) is 0 Å². The van der Waals surface area contributed by atoms with Crippen LogP contribution in [0, 0.1) is 12.8 Å². The van der Waals surface area contributed by atoms with Gasteiger partial charge in [-0.2, -0.15) is 0 Å². The van der Waals surface area contributed by atoms with Crippen LogP contribution in [-0.2, 0) is 21.2 Å². The molecule has 1 aromatic carbocycles. The average molecular weight is 424 g/mol. The molecule has 0 spiro atoms. The molecule has 3 rings (SSSR count). The molecule has 2 aliphatic heterocycles. The fraction of sp³-hybridized carbons (Fsp3) is 0.667. The summed E-state index contributed by atoms with van der Waals surface area (Å²) in [6.07, 6.45) is 4.37. The highest BCUT2D eigenvalue weighted by molar-refractivity contribution is 7.88. The van der Waals surface area contributed by atoms with Crippen molar-refractivity contribution >= 4 is 15.9 Å². The predicted molar refractivity (Wildman–Crippen MR) is 113 cm³/mol. The highest BCUT2D eigenvalue weighted by Crippen LogP contribution is 2.29. The average Bonchev–Trinajstić information content (AvgIpc) is 2.69. The number of carbonyl (C=O) groups excluding carboxylic acids is 1. The summed E-state index contributed by atoms with van der Waals surface area (Å²) in [5.74, 6) is 0.313. The van der Waals surface area contributed by atoms with Gasteiger partial charge in [-0.15, -0.1) is 0 Å². The second-order valence-electron chi connectivity index (χ2n) is 8.70. The Kier molecular flexibility index (Phi) is 6.67. The topological polar surface area (TPSA) is 104 Å². The third kappa shape index (κ3) is 5.36. The molecule has 1 amide bonds. The Morgan fingerprint density at radius 2 is 1.72 bits per heavy atom. The lowest BCUT2D eigenvalue weighted by atomic mass is 9.83. The number of aryl methyl sites for hydroxylation is 1. The van der Waals surface area contributed by atoms with E-state index in [1.807, 2.05) is 0 Å². The van der Waals surface area contributed by atoms with E-state index in [2.05, 4.69) is 31.2 Å². The number of carbonyl (C=O) groups is 1. The second-order valence-corrected chi connectivity index (χ2v) is 10.7. The molecule has 1 unspecified atom stereocenters. The maximum atomic E-state index is 12.9. The number of nitrogens with zero attached hydrogens (tertiary/aromatic N) is 2. The fourth-order valence-electron chi connectivity index (χ4n) is 4.36. The zero-order chi connectivity index (χ0) is 21.2. The summed E-state index contributed by atoms with van der Waals surface area (Å²) >= 11 is 0. The molecule has 0 saturated carbocycles. The molecule has 2 heterocycles. The second kappa shape index (κ2) is 8.71. The molecule has 3 N–H and O–H groups in total. The lowest BCUT2D eigenvalue weighted by Crippen LogP contribution is -2.62. The van der Waals surface area contributed by atoms with Crippen LogP contribution in [0.25, 0.3) is 0 Å². The summed E-state index contributed by atoms with van der Waals surface area (Å²) < 4.78 is 24.7. The summed E-state index contributed by atoms with van der Waals surface area (Å²) in [6.45, 7) is 3.75. The van der Waals surface area contributed by atoms with Crippen molar-refractivity contribution in [3.63, 3.8) is 0 Å². The molecule has 2 saturated heterocycles. The van der Waals surface area contributed by atoms with E-state index in [0.29, 0.717) is 19.0 Å². The smallest absolute Gasteiger partial charge is 0.242 e. The zero-order valence-electron chi connectivity index (χ0n) is 17.4. The highest BCUT2D eigenvalue weighted by Gasteiger charge is 2.44. The third-order valence-corrected chi connectivity index (χ3v) is 7.78. The molecule has 0 radical (unpaired) electrons. The lowest BCUT2D eigenvalue weighted by Gasteiger charge is -2.42. The standard InChI is InChI=1S/C21H33N3O4S/c1-16-3-5-17(6-4-16)15-18-7-11-23(12-8-18)20(25)19(22)21(26)9-13-24(14-10-21)29(2,27)28/h3-6,18-19,26H,7-15,22H2,1-2H3. The molecule has 0 aliphatic carbocycles. The monoisotopic (exact) mass is 423 g/mol. The molecule has 2 fully saturated rings. The maximum absolute atomic E-state index is 12.9. The van der Waals surface area contributed by atoms with E-state index in [1.165, 1.54) is 15.4 Å². The first-order valence-electron chi connectivity index (χ1n) is 10.4. The number of nitrogens with two attached hydrogens (primary N) is 1. The first-order chi connectivity index (χ1) is 13.6. The van der Waals surface area contributed by atoms with Crippen LogP contribution in [0.2, 0.25) is 0 Å². The van der Waals surface area contributed by atoms with Crippen LogP contribution in [0.3, 0.4) is 0 Å². The van der Waals surface area contributed by atoms with Crippen molar-refractivity contribution in [2.45, 2.75) is 50.7 Å². The molecule has 162 valence electrons. The molecule has 0 bridgehead atoms. The van der Waals surface area contributed by atoms with E-state index in [-0.39, 0.29) is 31.8 Å². The number of likely N-dealkylation sites (tertiary alicyclic amines) is 1. The van der Waals surface area contributed by atoms with Gasteiger partial charge in [-0.05, 0) is 50.5 Å².